The lowest BCUT2D eigenvalue weighted by Gasteiger charge is -1.88. The monoisotopic (exact) mass is 144 g/mol. The van der Waals surface area contributed by atoms with Gasteiger partial charge in [-0.25, -0.2) is 0 Å². The maximum Gasteiger partial charge on any atom is 0.184 e. The van der Waals surface area contributed by atoms with Gasteiger partial charge in [0.05, 0.1) is 0 Å². The Morgan fingerprint density at radius 2 is 2.10 bits per heavy atom. The highest BCUT2D eigenvalue weighted by Crippen LogP contribution is 1.88. The van der Waals surface area contributed by atoms with Crippen LogP contribution in [0.2, 0.25) is 0 Å². The van der Waals surface area contributed by atoms with E-state index in [9.17, 15) is 9.59 Å². The van der Waals surface area contributed by atoms with Crippen molar-refractivity contribution in [1.82, 2.24) is 0 Å². The van der Waals surface area contributed by atoms with Crippen LogP contribution < -0.4 is 0 Å². The van der Waals surface area contributed by atoms with Gasteiger partial charge in [-0.05, 0) is 6.08 Å². The third-order valence-electron chi connectivity index (χ3n) is 0.836. The Morgan fingerprint density at radius 3 is 2.50 bits per heavy atom. The van der Waals surface area contributed by atoms with Crippen molar-refractivity contribution in [1.29, 1.82) is 0 Å². The fourth-order valence-corrected chi connectivity index (χ4v) is 0.331. The van der Waals surface area contributed by atoms with Crippen LogP contribution in [0.4, 0.5) is 0 Å². The topological polar surface area (TPSA) is 74.6 Å². The number of rotatable bonds is 4. The molecule has 0 heterocycles. The van der Waals surface area contributed by atoms with E-state index in [4.69, 9.17) is 10.2 Å². The fraction of sp³-hybridized carbons (Fsp3) is 0.333. The zero-order chi connectivity index (χ0) is 7.98. The molecular formula is C6H8O4. The molecule has 0 unspecified atom stereocenters. The molecule has 0 aliphatic heterocycles. The summed E-state index contributed by atoms with van der Waals surface area (Å²) >= 11 is 0. The lowest BCUT2D eigenvalue weighted by atomic mass is 10.3. The molecule has 0 saturated heterocycles. The molecule has 0 aliphatic rings. The summed E-state index contributed by atoms with van der Waals surface area (Å²) in [4.78, 5) is 20.0. The Hall–Kier alpha value is -1.16. The average Bonchev–Trinajstić information content (AvgIpc) is 1.99. The van der Waals surface area contributed by atoms with E-state index in [0.717, 1.165) is 6.08 Å². The third-order valence-corrected chi connectivity index (χ3v) is 0.836. The van der Waals surface area contributed by atoms with Gasteiger partial charge < -0.3 is 10.2 Å². The van der Waals surface area contributed by atoms with Crippen molar-refractivity contribution < 1.29 is 19.8 Å². The second kappa shape index (κ2) is 4.69. The molecule has 0 spiro atoms. The lowest BCUT2D eigenvalue weighted by Crippen LogP contribution is -2.01. The van der Waals surface area contributed by atoms with E-state index in [1.807, 2.05) is 0 Å². The number of aliphatic hydroxyl groups is 2. The SMILES string of the molecule is O=C/C(O)=C/CC(=O)CO. The first kappa shape index (κ1) is 8.84. The molecule has 0 aliphatic carbocycles. The van der Waals surface area contributed by atoms with E-state index in [0.29, 0.717) is 0 Å². The number of Topliss-reactive ketones (excluding diaryl/α,β-unsaturated/α-hetero) is 1. The Morgan fingerprint density at radius 1 is 1.50 bits per heavy atom. The Kier molecular flexibility index (Phi) is 4.15. The van der Waals surface area contributed by atoms with Gasteiger partial charge in [0.15, 0.2) is 17.8 Å². The summed E-state index contributed by atoms with van der Waals surface area (Å²) in [7, 11) is 0. The summed E-state index contributed by atoms with van der Waals surface area (Å²) in [6.07, 6.45) is 1.16. The zero-order valence-corrected chi connectivity index (χ0v) is 5.28. The standard InChI is InChI=1S/C6H8O4/c7-3-5(9)1-2-6(10)4-8/h1,3,8-9H,2,4H2/b5-1-. The second-order valence-electron chi connectivity index (χ2n) is 1.65. The van der Waals surface area contributed by atoms with E-state index in [-0.39, 0.29) is 12.7 Å². The summed E-state index contributed by atoms with van der Waals surface area (Å²) in [5.74, 6) is -0.921. The molecule has 0 aromatic heterocycles. The van der Waals surface area contributed by atoms with Crippen molar-refractivity contribution in [3.05, 3.63) is 11.8 Å². The second-order valence-corrected chi connectivity index (χ2v) is 1.65. The van der Waals surface area contributed by atoms with Crippen LogP contribution in [0.5, 0.6) is 0 Å². The Labute approximate surface area is 57.8 Å². The molecule has 0 rings (SSSR count). The maximum absolute atomic E-state index is 10.3. The summed E-state index contributed by atoms with van der Waals surface area (Å²) < 4.78 is 0. The van der Waals surface area contributed by atoms with Gasteiger partial charge in [-0.1, -0.05) is 0 Å². The van der Waals surface area contributed by atoms with Gasteiger partial charge >= 0.3 is 0 Å². The highest BCUT2D eigenvalue weighted by molar-refractivity contribution is 5.82. The van der Waals surface area contributed by atoms with Crippen molar-refractivity contribution in [3.63, 3.8) is 0 Å². The third kappa shape index (κ3) is 3.80. The fourth-order valence-electron chi connectivity index (χ4n) is 0.331. The highest BCUT2D eigenvalue weighted by atomic mass is 16.3. The molecule has 0 aromatic rings. The first-order valence-electron chi connectivity index (χ1n) is 2.67. The molecule has 56 valence electrons. The van der Waals surface area contributed by atoms with Crippen LogP contribution in [-0.4, -0.2) is 28.9 Å². The van der Waals surface area contributed by atoms with Crippen LogP contribution in [0, 0.1) is 0 Å². The number of carbonyl (C=O) groups excluding carboxylic acids is 2. The van der Waals surface area contributed by atoms with Crippen LogP contribution in [0.1, 0.15) is 6.42 Å². The minimum atomic E-state index is -0.567. The summed E-state index contributed by atoms with van der Waals surface area (Å²) in [6, 6.07) is 0. The highest BCUT2D eigenvalue weighted by Gasteiger charge is 1.96. The molecule has 0 bridgehead atoms. The van der Waals surface area contributed by atoms with Crippen molar-refractivity contribution in [2.75, 3.05) is 6.61 Å². The largest absolute Gasteiger partial charge is 0.505 e. The molecule has 0 atom stereocenters. The van der Waals surface area contributed by atoms with Crippen LogP contribution in [0.25, 0.3) is 0 Å². The summed E-state index contributed by atoms with van der Waals surface area (Å²) in [6.45, 7) is -0.567. The smallest absolute Gasteiger partial charge is 0.184 e. The maximum atomic E-state index is 10.3. The van der Waals surface area contributed by atoms with Crippen molar-refractivity contribution >= 4 is 12.1 Å². The Bertz CT molecular complexity index is 159. The number of aldehydes is 1. The molecule has 0 aromatic carbocycles. The molecule has 2 N–H and O–H groups in total. The van der Waals surface area contributed by atoms with Gasteiger partial charge in [0.25, 0.3) is 0 Å². The average molecular weight is 144 g/mol. The molecule has 0 amide bonds. The number of hydrogen-bond acceptors (Lipinski definition) is 4. The van der Waals surface area contributed by atoms with Crippen LogP contribution >= 0.6 is 0 Å². The van der Waals surface area contributed by atoms with Crippen LogP contribution in [0.15, 0.2) is 11.8 Å². The predicted molar refractivity (Wildman–Crippen MR) is 33.5 cm³/mol. The number of aliphatic hydroxyl groups excluding tert-OH is 2. The van der Waals surface area contributed by atoms with Crippen molar-refractivity contribution in [3.8, 4) is 0 Å². The lowest BCUT2D eigenvalue weighted by molar-refractivity contribution is -0.120. The first-order chi connectivity index (χ1) is 4.70. The van der Waals surface area contributed by atoms with E-state index >= 15 is 0 Å². The summed E-state index contributed by atoms with van der Waals surface area (Å²) in [5.41, 5.74) is 0. The quantitative estimate of drug-likeness (QED) is 0.319. The van der Waals surface area contributed by atoms with E-state index in [1.54, 1.807) is 0 Å². The van der Waals surface area contributed by atoms with Crippen LogP contribution in [0.3, 0.4) is 0 Å². The number of allylic oxidation sites excluding steroid dienone is 2. The number of ketones is 1. The normalized spacial score (nSPS) is 11.1. The van der Waals surface area contributed by atoms with Crippen molar-refractivity contribution in [2.45, 2.75) is 6.42 Å². The zero-order valence-electron chi connectivity index (χ0n) is 5.28. The molecular weight excluding hydrogens is 136 g/mol. The van der Waals surface area contributed by atoms with Gasteiger partial charge in [-0.2, -0.15) is 0 Å². The molecule has 0 saturated carbocycles. The van der Waals surface area contributed by atoms with Gasteiger partial charge in [-0.15, -0.1) is 0 Å². The Balaban J connectivity index is 3.71. The van der Waals surface area contributed by atoms with E-state index in [1.165, 1.54) is 0 Å². The molecule has 4 nitrogen and oxygen atoms in total. The van der Waals surface area contributed by atoms with Gasteiger partial charge in [0.2, 0.25) is 0 Å². The number of hydrogen-bond donors (Lipinski definition) is 2. The van der Waals surface area contributed by atoms with Gasteiger partial charge in [0.1, 0.15) is 6.61 Å². The van der Waals surface area contributed by atoms with Gasteiger partial charge in [-0.3, -0.25) is 9.59 Å². The molecule has 4 heteroatoms. The molecule has 0 fully saturated rings. The predicted octanol–water partition coefficient (Wildman–Crippen LogP) is -0.421. The first-order valence-corrected chi connectivity index (χ1v) is 2.67. The van der Waals surface area contributed by atoms with Crippen LogP contribution in [-0.2, 0) is 9.59 Å². The molecule has 0 radical (unpaired) electrons. The van der Waals surface area contributed by atoms with Crippen molar-refractivity contribution in [2.24, 2.45) is 0 Å². The minimum absolute atomic E-state index is 0.110. The number of carbonyl (C=O) groups is 2. The van der Waals surface area contributed by atoms with E-state index in [2.05, 4.69) is 0 Å². The molecule has 10 heavy (non-hydrogen) atoms. The minimum Gasteiger partial charge on any atom is -0.505 e. The van der Waals surface area contributed by atoms with Gasteiger partial charge in [0, 0.05) is 6.42 Å². The summed E-state index contributed by atoms with van der Waals surface area (Å²) in [5, 5.41) is 16.6. The van der Waals surface area contributed by atoms with E-state index < -0.39 is 18.1 Å².